The SMILES string of the molecule is Clc1ccc(N=Nc2ccc3ccc4cccnc4c3n2)cc1. The minimum absolute atomic E-state index is 0.547. The lowest BCUT2D eigenvalue weighted by molar-refractivity contribution is 1.18. The molecule has 110 valence electrons. The Kier molecular flexibility index (Phi) is 3.44. The molecule has 4 rings (SSSR count). The monoisotopic (exact) mass is 318 g/mol. The number of fused-ring (bicyclic) bond motifs is 3. The normalized spacial score (nSPS) is 11.5. The van der Waals surface area contributed by atoms with Crippen molar-refractivity contribution in [3.8, 4) is 0 Å². The number of pyridine rings is 2. The first-order valence-electron chi connectivity index (χ1n) is 7.11. The molecule has 23 heavy (non-hydrogen) atoms. The summed E-state index contributed by atoms with van der Waals surface area (Å²) in [6, 6.07) is 19.0. The Morgan fingerprint density at radius 3 is 2.30 bits per heavy atom. The maximum atomic E-state index is 5.86. The van der Waals surface area contributed by atoms with E-state index in [1.54, 1.807) is 18.3 Å². The van der Waals surface area contributed by atoms with Crippen molar-refractivity contribution in [2.75, 3.05) is 0 Å². The van der Waals surface area contributed by atoms with E-state index in [1.807, 2.05) is 48.5 Å². The molecule has 0 bridgehead atoms. The first kappa shape index (κ1) is 13.8. The molecule has 4 aromatic rings. The van der Waals surface area contributed by atoms with Gasteiger partial charge in [-0.15, -0.1) is 10.2 Å². The molecule has 0 fully saturated rings. The van der Waals surface area contributed by atoms with Crippen LogP contribution in [0.15, 0.2) is 77.1 Å². The molecular weight excluding hydrogens is 308 g/mol. The van der Waals surface area contributed by atoms with E-state index in [1.165, 1.54) is 0 Å². The molecule has 0 atom stereocenters. The van der Waals surface area contributed by atoms with E-state index in [0.717, 1.165) is 27.5 Å². The van der Waals surface area contributed by atoms with Gasteiger partial charge in [0.05, 0.1) is 16.7 Å². The summed E-state index contributed by atoms with van der Waals surface area (Å²) in [7, 11) is 0. The van der Waals surface area contributed by atoms with Crippen LogP contribution < -0.4 is 0 Å². The van der Waals surface area contributed by atoms with Crippen molar-refractivity contribution in [1.29, 1.82) is 0 Å². The first-order valence-corrected chi connectivity index (χ1v) is 7.49. The molecule has 0 saturated carbocycles. The van der Waals surface area contributed by atoms with E-state index in [9.17, 15) is 0 Å². The third kappa shape index (κ3) is 2.76. The summed E-state index contributed by atoms with van der Waals surface area (Å²) in [6.07, 6.45) is 1.77. The van der Waals surface area contributed by atoms with Gasteiger partial charge < -0.3 is 0 Å². The van der Waals surface area contributed by atoms with Gasteiger partial charge in [-0.3, -0.25) is 4.98 Å². The molecule has 4 nitrogen and oxygen atoms in total. The van der Waals surface area contributed by atoms with Crippen LogP contribution in [0.1, 0.15) is 0 Å². The summed E-state index contributed by atoms with van der Waals surface area (Å²) in [6.45, 7) is 0. The van der Waals surface area contributed by atoms with Gasteiger partial charge in [0.2, 0.25) is 0 Å². The van der Waals surface area contributed by atoms with Gasteiger partial charge in [-0.25, -0.2) is 4.98 Å². The van der Waals surface area contributed by atoms with Crippen LogP contribution in [0.5, 0.6) is 0 Å². The average Bonchev–Trinajstić information content (AvgIpc) is 2.61. The van der Waals surface area contributed by atoms with Crippen molar-refractivity contribution in [2.24, 2.45) is 10.2 Å². The number of halogens is 1. The molecule has 0 aliphatic carbocycles. The Hall–Kier alpha value is -2.85. The molecule has 0 saturated heterocycles. The van der Waals surface area contributed by atoms with E-state index in [-0.39, 0.29) is 0 Å². The number of hydrogen-bond donors (Lipinski definition) is 0. The highest BCUT2D eigenvalue weighted by Crippen LogP contribution is 2.25. The predicted molar refractivity (Wildman–Crippen MR) is 92.7 cm³/mol. The zero-order valence-electron chi connectivity index (χ0n) is 12.0. The number of rotatable bonds is 2. The Morgan fingerprint density at radius 2 is 1.48 bits per heavy atom. The third-order valence-corrected chi connectivity index (χ3v) is 3.76. The number of hydrogen-bond acceptors (Lipinski definition) is 4. The lowest BCUT2D eigenvalue weighted by Gasteiger charge is -2.02. The maximum absolute atomic E-state index is 5.86. The highest BCUT2D eigenvalue weighted by atomic mass is 35.5. The second-order valence-electron chi connectivity index (χ2n) is 5.06. The van der Waals surface area contributed by atoms with Gasteiger partial charge in [0, 0.05) is 22.0 Å². The molecule has 5 heteroatoms. The van der Waals surface area contributed by atoms with Crippen LogP contribution in [0, 0.1) is 0 Å². The topological polar surface area (TPSA) is 50.5 Å². The van der Waals surface area contributed by atoms with Gasteiger partial charge in [-0.05, 0) is 42.5 Å². The summed E-state index contributed by atoms with van der Waals surface area (Å²) in [5.74, 6) is 0.547. The van der Waals surface area contributed by atoms with Gasteiger partial charge in [-0.1, -0.05) is 29.8 Å². The largest absolute Gasteiger partial charge is 0.254 e. The number of benzene rings is 2. The van der Waals surface area contributed by atoms with Crippen LogP contribution in [-0.2, 0) is 0 Å². The summed E-state index contributed by atoms with van der Waals surface area (Å²) >= 11 is 5.86. The molecule has 0 amide bonds. The lowest BCUT2D eigenvalue weighted by Crippen LogP contribution is -1.84. The smallest absolute Gasteiger partial charge is 0.175 e. The van der Waals surface area contributed by atoms with Crippen LogP contribution in [0.25, 0.3) is 21.8 Å². The standard InChI is InChI=1S/C18H11ClN4/c19-14-6-8-15(9-7-14)22-23-16-10-5-13-4-3-12-2-1-11-20-17(12)18(13)21-16/h1-11H. The molecule has 2 aromatic heterocycles. The fraction of sp³-hybridized carbons (Fsp3) is 0. The van der Waals surface area contributed by atoms with Crippen LogP contribution >= 0.6 is 11.6 Å². The Morgan fingerprint density at radius 1 is 0.739 bits per heavy atom. The quantitative estimate of drug-likeness (QED) is 0.344. The molecular formula is C18H11ClN4. The van der Waals surface area contributed by atoms with E-state index in [2.05, 4.69) is 20.2 Å². The Labute approximate surface area is 137 Å². The summed E-state index contributed by atoms with van der Waals surface area (Å²) in [5, 5.41) is 11.1. The van der Waals surface area contributed by atoms with Gasteiger partial charge in [0.1, 0.15) is 0 Å². The van der Waals surface area contributed by atoms with E-state index >= 15 is 0 Å². The van der Waals surface area contributed by atoms with Gasteiger partial charge >= 0.3 is 0 Å². The molecule has 0 spiro atoms. The highest BCUT2D eigenvalue weighted by molar-refractivity contribution is 6.30. The first-order chi connectivity index (χ1) is 11.3. The number of nitrogens with zero attached hydrogens (tertiary/aromatic N) is 4. The van der Waals surface area contributed by atoms with Crippen molar-refractivity contribution in [2.45, 2.75) is 0 Å². The fourth-order valence-electron chi connectivity index (χ4n) is 2.39. The predicted octanol–water partition coefficient (Wildman–Crippen LogP) is 5.85. The lowest BCUT2D eigenvalue weighted by atomic mass is 10.1. The van der Waals surface area contributed by atoms with Crippen molar-refractivity contribution in [1.82, 2.24) is 9.97 Å². The van der Waals surface area contributed by atoms with Crippen LogP contribution in [0.4, 0.5) is 11.5 Å². The van der Waals surface area contributed by atoms with Crippen molar-refractivity contribution >= 4 is 44.9 Å². The molecule has 0 N–H and O–H groups in total. The minimum atomic E-state index is 0.547. The maximum Gasteiger partial charge on any atom is 0.175 e. The van der Waals surface area contributed by atoms with E-state index < -0.39 is 0 Å². The Balaban J connectivity index is 1.78. The third-order valence-electron chi connectivity index (χ3n) is 3.51. The zero-order chi connectivity index (χ0) is 15.6. The van der Waals surface area contributed by atoms with Crippen LogP contribution in [-0.4, -0.2) is 9.97 Å². The molecule has 0 radical (unpaired) electrons. The van der Waals surface area contributed by atoms with E-state index in [4.69, 9.17) is 11.6 Å². The van der Waals surface area contributed by atoms with Gasteiger partial charge in [0.15, 0.2) is 5.82 Å². The van der Waals surface area contributed by atoms with Gasteiger partial charge in [0.25, 0.3) is 0 Å². The average molecular weight is 319 g/mol. The summed E-state index contributed by atoms with van der Waals surface area (Å²) in [4.78, 5) is 9.02. The second kappa shape index (κ2) is 5.74. The molecule has 0 aliphatic rings. The zero-order valence-corrected chi connectivity index (χ0v) is 12.8. The highest BCUT2D eigenvalue weighted by Gasteiger charge is 2.04. The molecule has 0 aliphatic heterocycles. The summed E-state index contributed by atoms with van der Waals surface area (Å²) in [5.41, 5.74) is 2.43. The summed E-state index contributed by atoms with van der Waals surface area (Å²) < 4.78 is 0. The van der Waals surface area contributed by atoms with Crippen molar-refractivity contribution < 1.29 is 0 Å². The van der Waals surface area contributed by atoms with Crippen molar-refractivity contribution in [3.05, 3.63) is 71.9 Å². The molecule has 2 aromatic carbocycles. The van der Waals surface area contributed by atoms with E-state index in [0.29, 0.717) is 10.8 Å². The molecule has 0 unspecified atom stereocenters. The van der Waals surface area contributed by atoms with Gasteiger partial charge in [-0.2, -0.15) is 0 Å². The minimum Gasteiger partial charge on any atom is -0.254 e. The fourth-order valence-corrected chi connectivity index (χ4v) is 2.51. The Bertz CT molecular complexity index is 1030. The number of aromatic nitrogens is 2. The van der Waals surface area contributed by atoms with Crippen molar-refractivity contribution in [3.63, 3.8) is 0 Å². The van der Waals surface area contributed by atoms with Crippen LogP contribution in [0.3, 0.4) is 0 Å². The number of azo groups is 1. The molecule has 2 heterocycles. The second-order valence-corrected chi connectivity index (χ2v) is 5.49. The van der Waals surface area contributed by atoms with Crippen LogP contribution in [0.2, 0.25) is 5.02 Å².